The zero-order chi connectivity index (χ0) is 26.8. The molecule has 0 aliphatic heterocycles. The summed E-state index contributed by atoms with van der Waals surface area (Å²) in [4.78, 5) is 13.2. The van der Waals surface area contributed by atoms with Crippen LogP contribution in [0.5, 0.6) is 11.5 Å². The van der Waals surface area contributed by atoms with Crippen molar-refractivity contribution in [1.29, 1.82) is 0 Å². The number of hydrogen-bond acceptors (Lipinski definition) is 5. The van der Waals surface area contributed by atoms with E-state index in [1.165, 1.54) is 0 Å². The molecule has 37 heavy (non-hydrogen) atoms. The Morgan fingerprint density at radius 1 is 0.946 bits per heavy atom. The van der Waals surface area contributed by atoms with Crippen molar-refractivity contribution in [1.82, 2.24) is 0 Å². The van der Waals surface area contributed by atoms with E-state index in [1.807, 2.05) is 48.5 Å². The first-order chi connectivity index (χ1) is 17.7. The molecule has 0 bridgehead atoms. The van der Waals surface area contributed by atoms with Gasteiger partial charge < -0.3 is 14.4 Å². The summed E-state index contributed by atoms with van der Waals surface area (Å²) < 4.78 is 12.3. The molecule has 2 N–H and O–H groups in total. The van der Waals surface area contributed by atoms with Gasteiger partial charge in [-0.3, -0.25) is 4.79 Å². The molecule has 2 atom stereocenters. The maximum atomic E-state index is 10.9. The van der Waals surface area contributed by atoms with Crippen molar-refractivity contribution in [2.24, 2.45) is 16.4 Å². The molecule has 0 amide bonds. The number of benzene rings is 3. The summed E-state index contributed by atoms with van der Waals surface area (Å²) in [6, 6.07) is 23.2. The summed E-state index contributed by atoms with van der Waals surface area (Å²) in [6.07, 6.45) is 2.93. The van der Waals surface area contributed by atoms with Crippen LogP contribution in [0.25, 0.3) is 0 Å². The van der Waals surface area contributed by atoms with E-state index in [4.69, 9.17) is 15.0 Å². The van der Waals surface area contributed by atoms with Crippen LogP contribution < -0.4 is 19.9 Å². The number of anilines is 2. The van der Waals surface area contributed by atoms with E-state index in [2.05, 4.69) is 56.8 Å². The van der Waals surface area contributed by atoms with Crippen molar-refractivity contribution < 1.29 is 19.8 Å². The van der Waals surface area contributed by atoms with Crippen molar-refractivity contribution in [2.75, 3.05) is 18.1 Å². The molecule has 3 aromatic carbocycles. The lowest BCUT2D eigenvalue weighted by Crippen LogP contribution is -2.33. The number of carbonyl (C=O) groups is 1. The fourth-order valence-electron chi connectivity index (χ4n) is 4.57. The highest BCUT2D eigenvalue weighted by Crippen LogP contribution is 2.36. The SMILES string of the molecule is CC(CCOc1cc(N(c2ccccc2)C(C)COc2ccc(C=O)cc2)ccc1N=[NH2+])CC(C)(C)C. The van der Waals surface area contributed by atoms with E-state index < -0.39 is 0 Å². The lowest BCUT2D eigenvalue weighted by Gasteiger charge is -2.32. The van der Waals surface area contributed by atoms with Gasteiger partial charge in [0.05, 0.1) is 12.6 Å². The van der Waals surface area contributed by atoms with Gasteiger partial charge >= 0.3 is 0 Å². The number of rotatable bonds is 13. The van der Waals surface area contributed by atoms with Crippen LogP contribution in [0.2, 0.25) is 0 Å². The highest BCUT2D eigenvalue weighted by molar-refractivity contribution is 5.74. The van der Waals surface area contributed by atoms with E-state index in [-0.39, 0.29) is 6.04 Å². The van der Waals surface area contributed by atoms with Crippen LogP contribution >= 0.6 is 0 Å². The highest BCUT2D eigenvalue weighted by Gasteiger charge is 2.20. The number of para-hydroxylation sites is 1. The van der Waals surface area contributed by atoms with Crippen LogP contribution in [0.3, 0.4) is 0 Å². The van der Waals surface area contributed by atoms with Crippen molar-refractivity contribution in [3.63, 3.8) is 0 Å². The molecule has 6 heteroatoms. The summed E-state index contributed by atoms with van der Waals surface area (Å²) in [5, 5.41) is 3.94. The fourth-order valence-corrected chi connectivity index (χ4v) is 4.57. The third-order valence-electron chi connectivity index (χ3n) is 6.17. The topological polar surface area (TPSA) is 76.7 Å². The predicted octanol–water partition coefficient (Wildman–Crippen LogP) is 6.79. The summed E-state index contributed by atoms with van der Waals surface area (Å²) in [7, 11) is 0. The number of aldehydes is 1. The van der Waals surface area contributed by atoms with Crippen LogP contribution in [0.4, 0.5) is 17.1 Å². The van der Waals surface area contributed by atoms with Gasteiger partial charge in [0.2, 0.25) is 0 Å². The molecule has 0 saturated heterocycles. The Kier molecular flexibility index (Phi) is 9.84. The van der Waals surface area contributed by atoms with Gasteiger partial charge in [0.1, 0.15) is 18.6 Å². The normalized spacial score (nSPS) is 12.9. The number of nitrogens with zero attached hydrogens (tertiary/aromatic N) is 2. The van der Waals surface area contributed by atoms with Gasteiger partial charge in [-0.2, -0.15) is 5.53 Å². The second-order valence-electron chi connectivity index (χ2n) is 10.8. The second-order valence-corrected chi connectivity index (χ2v) is 10.8. The molecule has 0 aliphatic carbocycles. The fraction of sp³-hybridized carbons (Fsp3) is 0.387. The Bertz CT molecular complexity index is 1140. The molecule has 196 valence electrons. The van der Waals surface area contributed by atoms with Gasteiger partial charge in [-0.1, -0.05) is 45.9 Å². The summed E-state index contributed by atoms with van der Waals surface area (Å²) in [5.74, 6) is 1.94. The predicted molar refractivity (Wildman–Crippen MR) is 149 cm³/mol. The van der Waals surface area contributed by atoms with E-state index in [9.17, 15) is 4.79 Å². The van der Waals surface area contributed by atoms with Crippen LogP contribution in [0, 0.1) is 11.3 Å². The maximum Gasteiger partial charge on any atom is 0.171 e. The molecular weight excluding hydrogens is 462 g/mol. The summed E-state index contributed by atoms with van der Waals surface area (Å²) in [5.41, 5.74) is 9.23. The van der Waals surface area contributed by atoms with E-state index in [1.54, 1.807) is 12.1 Å². The minimum absolute atomic E-state index is 0.00605. The molecule has 3 aromatic rings. The monoisotopic (exact) mass is 502 g/mol. The average Bonchev–Trinajstić information content (AvgIpc) is 2.87. The van der Waals surface area contributed by atoms with Gasteiger partial charge in [0, 0.05) is 23.0 Å². The Balaban J connectivity index is 1.79. The number of carbonyl (C=O) groups excluding carboxylic acids is 1. The second kappa shape index (κ2) is 13.0. The molecule has 0 heterocycles. The molecule has 0 aromatic heterocycles. The van der Waals surface area contributed by atoms with Gasteiger partial charge in [0.25, 0.3) is 0 Å². The van der Waals surface area contributed by atoms with Gasteiger partial charge in [-0.15, -0.1) is 0 Å². The molecule has 2 unspecified atom stereocenters. The standard InChI is InChI=1S/C31H39N3O3/c1-23(20-31(3,4)5)17-18-36-30-19-27(13-16-29(30)33-32)34(26-9-7-6-8-10-26)24(2)22-37-28-14-11-25(21-35)12-15-28/h6-16,19,21,23-24,32H,17-18,20,22H2,1-5H3/p+1. The summed E-state index contributed by atoms with van der Waals surface area (Å²) >= 11 is 0. The molecule has 0 saturated carbocycles. The Morgan fingerprint density at radius 2 is 1.65 bits per heavy atom. The van der Waals surface area contributed by atoms with Crippen LogP contribution in [-0.4, -0.2) is 25.5 Å². The van der Waals surface area contributed by atoms with Crippen LogP contribution in [-0.2, 0) is 0 Å². The van der Waals surface area contributed by atoms with Crippen LogP contribution in [0.15, 0.2) is 77.9 Å². The lowest BCUT2D eigenvalue weighted by molar-refractivity contribution is -0.210. The number of nitrogens with two attached hydrogens (primary N) is 1. The quantitative estimate of drug-likeness (QED) is 0.206. The highest BCUT2D eigenvalue weighted by atomic mass is 16.5. The zero-order valence-electron chi connectivity index (χ0n) is 22.7. The van der Waals surface area contributed by atoms with Gasteiger partial charge in [-0.05, 0) is 84.7 Å². The van der Waals surface area contributed by atoms with Crippen molar-refractivity contribution in [2.45, 2.75) is 53.5 Å². The van der Waals surface area contributed by atoms with Crippen molar-refractivity contribution in [3.8, 4) is 11.5 Å². The molecule has 6 nitrogen and oxygen atoms in total. The maximum absolute atomic E-state index is 10.9. The molecule has 0 spiro atoms. The average molecular weight is 503 g/mol. The molecule has 0 radical (unpaired) electrons. The first-order valence-corrected chi connectivity index (χ1v) is 12.9. The zero-order valence-corrected chi connectivity index (χ0v) is 22.7. The van der Waals surface area contributed by atoms with Gasteiger partial charge in [-0.25, -0.2) is 0 Å². The molecular formula is C31H40N3O3+. The van der Waals surface area contributed by atoms with E-state index in [0.29, 0.717) is 41.5 Å². The third kappa shape index (κ3) is 8.45. The smallest absolute Gasteiger partial charge is 0.171 e. The number of hydrogen-bond donors (Lipinski definition) is 1. The Hall–Kier alpha value is -3.67. The Labute approximate surface area is 221 Å². The number of ether oxygens (including phenoxy) is 2. The molecule has 0 aliphatic rings. The first kappa shape index (κ1) is 27.9. The largest absolute Gasteiger partial charge is 0.491 e. The van der Waals surface area contributed by atoms with Crippen molar-refractivity contribution >= 4 is 23.3 Å². The minimum atomic E-state index is -0.00605. The van der Waals surface area contributed by atoms with E-state index >= 15 is 0 Å². The lowest BCUT2D eigenvalue weighted by atomic mass is 9.84. The van der Waals surface area contributed by atoms with Gasteiger partial charge in [0.15, 0.2) is 11.4 Å². The molecule has 3 rings (SSSR count). The minimum Gasteiger partial charge on any atom is -0.491 e. The van der Waals surface area contributed by atoms with Crippen molar-refractivity contribution in [3.05, 3.63) is 78.4 Å². The Morgan fingerprint density at radius 3 is 2.27 bits per heavy atom. The summed E-state index contributed by atoms with van der Waals surface area (Å²) in [6.45, 7) is 12.2. The third-order valence-corrected chi connectivity index (χ3v) is 6.17. The van der Waals surface area contributed by atoms with E-state index in [0.717, 1.165) is 36.3 Å². The first-order valence-electron chi connectivity index (χ1n) is 12.9. The van der Waals surface area contributed by atoms with Crippen LogP contribution in [0.1, 0.15) is 57.8 Å². The molecule has 0 fully saturated rings.